The highest BCUT2D eigenvalue weighted by molar-refractivity contribution is 9.10. The van der Waals surface area contributed by atoms with Crippen LogP contribution < -0.4 is 0 Å². The quantitative estimate of drug-likeness (QED) is 0.658. The van der Waals surface area contributed by atoms with Crippen molar-refractivity contribution in [3.05, 3.63) is 40.0 Å². The van der Waals surface area contributed by atoms with E-state index >= 15 is 0 Å². The Morgan fingerprint density at radius 3 is 2.71 bits per heavy atom. The van der Waals surface area contributed by atoms with Gasteiger partial charge in [-0.15, -0.1) is 0 Å². The van der Waals surface area contributed by atoms with Crippen LogP contribution in [0.15, 0.2) is 22.7 Å². The molecule has 1 aromatic heterocycles. The van der Waals surface area contributed by atoms with Crippen molar-refractivity contribution in [1.29, 1.82) is 0 Å². The van der Waals surface area contributed by atoms with Crippen molar-refractivity contribution in [2.45, 2.75) is 6.92 Å². The van der Waals surface area contributed by atoms with Crippen molar-refractivity contribution >= 4 is 26.8 Å². The second-order valence-corrected chi connectivity index (χ2v) is 3.86. The van der Waals surface area contributed by atoms with Crippen molar-refractivity contribution in [1.82, 2.24) is 4.98 Å². The highest BCUT2D eigenvalue weighted by atomic mass is 79.9. The highest BCUT2D eigenvalue weighted by Crippen LogP contribution is 2.26. The topological polar surface area (TPSA) is 12.9 Å². The maximum atomic E-state index is 13.3. The number of halogens is 3. The Kier molecular flexibility index (Phi) is 2.23. The number of benzene rings is 1. The number of nitrogens with zero attached hydrogens (tertiary/aromatic N) is 1. The van der Waals surface area contributed by atoms with Gasteiger partial charge in [-0.25, -0.2) is 8.78 Å². The fourth-order valence-electron chi connectivity index (χ4n) is 1.29. The number of pyridine rings is 1. The summed E-state index contributed by atoms with van der Waals surface area (Å²) in [7, 11) is 0. The van der Waals surface area contributed by atoms with Crippen LogP contribution in [-0.4, -0.2) is 4.98 Å². The summed E-state index contributed by atoms with van der Waals surface area (Å²) >= 11 is 3.15. The third-order valence-electron chi connectivity index (χ3n) is 1.96. The summed E-state index contributed by atoms with van der Waals surface area (Å²) in [5.41, 5.74) is 1.22. The number of hydrogen-bond acceptors (Lipinski definition) is 1. The molecular weight excluding hydrogens is 252 g/mol. The van der Waals surface area contributed by atoms with Crippen LogP contribution in [0.2, 0.25) is 0 Å². The Hall–Kier alpha value is -1.03. The molecule has 1 aromatic carbocycles. The van der Waals surface area contributed by atoms with Crippen molar-refractivity contribution in [2.75, 3.05) is 0 Å². The minimum atomic E-state index is -0.866. The Labute approximate surface area is 87.9 Å². The van der Waals surface area contributed by atoms with Crippen LogP contribution >= 0.6 is 15.9 Å². The van der Waals surface area contributed by atoms with Gasteiger partial charge in [-0.1, -0.05) is 0 Å². The molecule has 0 aliphatic heterocycles. The predicted octanol–water partition coefficient (Wildman–Crippen LogP) is 3.58. The second-order valence-electron chi connectivity index (χ2n) is 3.00. The lowest BCUT2D eigenvalue weighted by atomic mass is 10.2. The zero-order valence-corrected chi connectivity index (χ0v) is 8.90. The normalized spacial score (nSPS) is 10.9. The summed E-state index contributed by atoms with van der Waals surface area (Å²) in [4.78, 5) is 4.12. The van der Waals surface area contributed by atoms with Gasteiger partial charge in [0.25, 0.3) is 0 Å². The smallest absolute Gasteiger partial charge is 0.168 e. The van der Waals surface area contributed by atoms with E-state index in [0.717, 1.165) is 11.8 Å². The molecule has 1 heterocycles. The van der Waals surface area contributed by atoms with Crippen molar-refractivity contribution in [2.24, 2.45) is 0 Å². The maximum Gasteiger partial charge on any atom is 0.168 e. The molecule has 0 unspecified atom stereocenters. The second kappa shape index (κ2) is 3.28. The minimum absolute atomic E-state index is 0.197. The van der Waals surface area contributed by atoms with Crippen LogP contribution in [0, 0.1) is 18.6 Å². The molecule has 1 nitrogen and oxygen atoms in total. The van der Waals surface area contributed by atoms with E-state index in [4.69, 9.17) is 0 Å². The Bertz CT molecular complexity index is 511. The first-order chi connectivity index (χ1) is 6.59. The van der Waals surface area contributed by atoms with E-state index in [1.54, 1.807) is 13.0 Å². The average molecular weight is 258 g/mol. The molecule has 2 rings (SSSR count). The molecule has 0 radical (unpaired) electrons. The molecule has 4 heteroatoms. The van der Waals surface area contributed by atoms with E-state index in [1.807, 2.05) is 0 Å². The van der Waals surface area contributed by atoms with Crippen LogP contribution in [0.5, 0.6) is 0 Å². The molecule has 0 amide bonds. The number of hydrogen-bond donors (Lipinski definition) is 0. The molecular formula is C10H6BrF2N. The monoisotopic (exact) mass is 257 g/mol. The SMILES string of the molecule is Cc1ccc2c(F)c(F)cc(Br)c2n1. The van der Waals surface area contributed by atoms with Crippen LogP contribution in [0.1, 0.15) is 5.69 Å². The Morgan fingerprint density at radius 2 is 2.00 bits per heavy atom. The Balaban J connectivity index is 2.94. The standard InChI is InChI=1S/C10H6BrF2N/c1-5-2-3-6-9(13)8(12)4-7(11)10(6)14-5/h2-4H,1H3. The lowest BCUT2D eigenvalue weighted by molar-refractivity contribution is 0.516. The first-order valence-corrected chi connectivity index (χ1v) is 4.80. The molecule has 0 saturated heterocycles. The Morgan fingerprint density at radius 1 is 1.29 bits per heavy atom. The number of aryl methyl sites for hydroxylation is 1. The minimum Gasteiger partial charge on any atom is -0.252 e. The van der Waals surface area contributed by atoms with Gasteiger partial charge in [0.1, 0.15) is 0 Å². The molecule has 2 aromatic rings. The molecule has 0 N–H and O–H groups in total. The van der Waals surface area contributed by atoms with Crippen molar-refractivity contribution in [3.63, 3.8) is 0 Å². The van der Waals surface area contributed by atoms with Crippen molar-refractivity contribution < 1.29 is 8.78 Å². The molecule has 0 spiro atoms. The van der Waals surface area contributed by atoms with E-state index in [1.165, 1.54) is 6.07 Å². The first-order valence-electron chi connectivity index (χ1n) is 4.00. The predicted molar refractivity (Wildman–Crippen MR) is 54.1 cm³/mol. The van der Waals surface area contributed by atoms with Gasteiger partial charge in [-0.3, -0.25) is 4.98 Å². The molecule has 0 saturated carbocycles. The summed E-state index contributed by atoms with van der Waals surface area (Å²) < 4.78 is 26.7. The first kappa shape index (κ1) is 9.52. The van der Waals surface area contributed by atoms with Gasteiger partial charge in [-0.05, 0) is 41.1 Å². The highest BCUT2D eigenvalue weighted by Gasteiger charge is 2.11. The molecule has 0 atom stereocenters. The summed E-state index contributed by atoms with van der Waals surface area (Å²) in [5, 5.41) is 0.197. The van der Waals surface area contributed by atoms with Gasteiger partial charge >= 0.3 is 0 Å². The molecule has 14 heavy (non-hydrogen) atoms. The molecule has 0 aliphatic carbocycles. The van der Waals surface area contributed by atoms with Gasteiger partial charge in [-0.2, -0.15) is 0 Å². The summed E-state index contributed by atoms with van der Waals surface area (Å²) in [5.74, 6) is -1.72. The fourth-order valence-corrected chi connectivity index (χ4v) is 1.79. The van der Waals surface area contributed by atoms with E-state index in [0.29, 0.717) is 9.99 Å². The van der Waals surface area contributed by atoms with Crippen LogP contribution in [-0.2, 0) is 0 Å². The zero-order valence-electron chi connectivity index (χ0n) is 7.31. The van der Waals surface area contributed by atoms with Crippen molar-refractivity contribution in [3.8, 4) is 0 Å². The largest absolute Gasteiger partial charge is 0.252 e. The van der Waals surface area contributed by atoms with Crippen LogP contribution in [0.4, 0.5) is 8.78 Å². The number of fused-ring (bicyclic) bond motifs is 1. The van der Waals surface area contributed by atoms with Gasteiger partial charge in [0, 0.05) is 15.6 Å². The lowest BCUT2D eigenvalue weighted by Gasteiger charge is -2.03. The lowest BCUT2D eigenvalue weighted by Crippen LogP contribution is -1.91. The number of rotatable bonds is 0. The fraction of sp³-hybridized carbons (Fsp3) is 0.100. The van der Waals surface area contributed by atoms with E-state index < -0.39 is 11.6 Å². The molecule has 0 aliphatic rings. The summed E-state index contributed by atoms with van der Waals surface area (Å²) in [6.45, 7) is 1.80. The van der Waals surface area contributed by atoms with E-state index in [2.05, 4.69) is 20.9 Å². The van der Waals surface area contributed by atoms with Gasteiger partial charge in [0.2, 0.25) is 0 Å². The summed E-state index contributed by atoms with van der Waals surface area (Å²) in [6.07, 6.45) is 0. The van der Waals surface area contributed by atoms with Gasteiger partial charge < -0.3 is 0 Å². The maximum absolute atomic E-state index is 13.3. The molecule has 72 valence electrons. The third-order valence-corrected chi connectivity index (χ3v) is 2.56. The number of aromatic nitrogens is 1. The van der Waals surface area contributed by atoms with Crippen LogP contribution in [0.25, 0.3) is 10.9 Å². The van der Waals surface area contributed by atoms with E-state index in [-0.39, 0.29) is 5.39 Å². The zero-order chi connectivity index (χ0) is 10.3. The van der Waals surface area contributed by atoms with Gasteiger partial charge in [0.15, 0.2) is 11.6 Å². The summed E-state index contributed by atoms with van der Waals surface area (Å²) in [6, 6.07) is 4.27. The van der Waals surface area contributed by atoms with Gasteiger partial charge in [0.05, 0.1) is 5.52 Å². The average Bonchev–Trinajstić information content (AvgIpc) is 2.14. The third kappa shape index (κ3) is 1.39. The molecule has 0 bridgehead atoms. The van der Waals surface area contributed by atoms with E-state index in [9.17, 15) is 8.78 Å². The van der Waals surface area contributed by atoms with Crippen LogP contribution in [0.3, 0.4) is 0 Å². The molecule has 0 fully saturated rings.